The van der Waals surface area contributed by atoms with E-state index in [1.54, 1.807) is 30.5 Å². The quantitative estimate of drug-likeness (QED) is 0.461. The van der Waals surface area contributed by atoms with Gasteiger partial charge in [0.2, 0.25) is 0 Å². The van der Waals surface area contributed by atoms with Gasteiger partial charge in [0.05, 0.1) is 5.52 Å². The molecule has 0 saturated carbocycles. The van der Waals surface area contributed by atoms with Crippen LogP contribution in [0.25, 0.3) is 22.6 Å². The van der Waals surface area contributed by atoms with Gasteiger partial charge in [0, 0.05) is 11.8 Å². The lowest BCUT2D eigenvalue weighted by Crippen LogP contribution is -2.15. The van der Waals surface area contributed by atoms with Gasteiger partial charge in [-0.3, -0.25) is 0 Å². The number of rotatable bonds is 6. The second-order valence-corrected chi connectivity index (χ2v) is 8.89. The summed E-state index contributed by atoms with van der Waals surface area (Å²) in [6.45, 7) is 0.352. The van der Waals surface area contributed by atoms with Crippen molar-refractivity contribution in [2.45, 2.75) is 24.2 Å². The maximum atomic E-state index is 12.5. The molecule has 0 saturated heterocycles. The number of hydrogen-bond donors (Lipinski definition) is 2. The van der Waals surface area contributed by atoms with Crippen molar-refractivity contribution >= 4 is 22.3 Å². The zero-order valence-corrected chi connectivity index (χ0v) is 17.1. The lowest BCUT2D eigenvalue weighted by molar-refractivity contribution is 0.337. The van der Waals surface area contributed by atoms with Gasteiger partial charge < -0.3 is 19.4 Å². The van der Waals surface area contributed by atoms with Crippen molar-refractivity contribution < 1.29 is 14.4 Å². The van der Waals surface area contributed by atoms with Crippen LogP contribution in [0.1, 0.15) is 17.5 Å². The molecule has 0 amide bonds. The zero-order valence-electron chi connectivity index (χ0n) is 16.3. The number of fused-ring (bicyclic) bond motifs is 2. The first-order valence-electron chi connectivity index (χ1n) is 9.94. The van der Waals surface area contributed by atoms with Crippen LogP contribution < -0.4 is 4.74 Å². The number of nitrogens with zero attached hydrogens (tertiary/aromatic N) is 2. The maximum absolute atomic E-state index is 12.5. The smallest absolute Gasteiger partial charge is 0.178 e. The van der Waals surface area contributed by atoms with Crippen molar-refractivity contribution in [3.8, 4) is 22.9 Å². The summed E-state index contributed by atoms with van der Waals surface area (Å²) in [7, 11) is 0. The summed E-state index contributed by atoms with van der Waals surface area (Å²) in [4.78, 5) is 12.9. The molecule has 1 aliphatic rings. The number of pyridine rings is 1. The van der Waals surface area contributed by atoms with Gasteiger partial charge in [-0.1, -0.05) is 0 Å². The predicted molar refractivity (Wildman–Crippen MR) is 116 cm³/mol. The number of nitrogens with one attached hydrogen (secondary N) is 1. The van der Waals surface area contributed by atoms with Crippen molar-refractivity contribution in [1.82, 2.24) is 15.0 Å². The van der Waals surface area contributed by atoms with E-state index in [1.807, 2.05) is 18.2 Å². The highest BCUT2D eigenvalue weighted by molar-refractivity contribution is 7.91. The van der Waals surface area contributed by atoms with Crippen LogP contribution in [0.15, 0.2) is 59.6 Å². The van der Waals surface area contributed by atoms with E-state index in [9.17, 15) is 9.66 Å². The molecule has 2 aromatic heterocycles. The lowest BCUT2D eigenvalue weighted by Gasteiger charge is -2.14. The standard InChI is InChI=1S/C23H21N3O3S/c27-17-6-8-18(9-7-17)30(28)12-11-29-21-14-16(13-15-3-1-4-19(15)21)22-25-20-5-2-10-24-23(20)26-22/h2,5-10,13-14,27H,1,3-4,11-12H2,(H,24,25,26). The van der Waals surface area contributed by atoms with E-state index in [1.165, 1.54) is 11.1 Å². The average Bonchev–Trinajstić information content (AvgIpc) is 3.41. The number of benzene rings is 2. The van der Waals surface area contributed by atoms with E-state index < -0.39 is 11.2 Å². The lowest BCUT2D eigenvalue weighted by atomic mass is 10.0. The second kappa shape index (κ2) is 8.01. The Labute approximate surface area is 177 Å². The predicted octanol–water partition coefficient (Wildman–Crippen LogP) is 4.01. The Hall–Kier alpha value is -3.03. The van der Waals surface area contributed by atoms with Crippen LogP contribution in [-0.2, 0) is 24.0 Å². The highest BCUT2D eigenvalue weighted by Gasteiger charge is 2.20. The summed E-state index contributed by atoms with van der Waals surface area (Å²) < 4.78 is 18.6. The van der Waals surface area contributed by atoms with Crippen LogP contribution in [0.2, 0.25) is 0 Å². The Morgan fingerprint density at radius 3 is 2.83 bits per heavy atom. The molecule has 0 fully saturated rings. The fraction of sp³-hybridized carbons (Fsp3) is 0.217. The molecule has 30 heavy (non-hydrogen) atoms. The number of hydrogen-bond acceptors (Lipinski definition) is 5. The van der Waals surface area contributed by atoms with Crippen LogP contribution in [0.4, 0.5) is 0 Å². The molecule has 5 rings (SSSR count). The number of phenolic OH excluding ortho intramolecular Hbond substituents is 1. The van der Waals surface area contributed by atoms with Gasteiger partial charge in [-0.15, -0.1) is 0 Å². The highest BCUT2D eigenvalue weighted by atomic mass is 32.2. The Bertz CT molecular complexity index is 1160. The molecule has 2 N–H and O–H groups in total. The summed E-state index contributed by atoms with van der Waals surface area (Å²) in [5.41, 5.74) is 5.10. The molecule has 6 nitrogen and oxygen atoms in total. The van der Waals surface area contributed by atoms with Crippen LogP contribution in [0.5, 0.6) is 11.5 Å². The monoisotopic (exact) mass is 419 g/mol. The number of aryl methyl sites for hydroxylation is 1. The van der Waals surface area contributed by atoms with Gasteiger partial charge in [-0.2, -0.15) is 0 Å². The second-order valence-electron chi connectivity index (χ2n) is 7.32. The first kappa shape index (κ1) is 19.0. The van der Waals surface area contributed by atoms with Crippen molar-refractivity contribution in [1.29, 1.82) is 0 Å². The first-order chi connectivity index (χ1) is 14.7. The Kier molecular flexibility index (Phi) is 5.06. The number of aromatic hydroxyl groups is 1. The molecule has 2 aromatic carbocycles. The number of imidazole rings is 1. The number of aromatic amines is 1. The van der Waals surface area contributed by atoms with Crippen LogP contribution in [-0.4, -0.2) is 37.0 Å². The molecule has 152 valence electrons. The van der Waals surface area contributed by atoms with E-state index in [2.05, 4.69) is 21.0 Å². The summed E-state index contributed by atoms with van der Waals surface area (Å²) in [6, 6.07) is 14.5. The summed E-state index contributed by atoms with van der Waals surface area (Å²) in [5, 5.41) is 9.38. The van der Waals surface area contributed by atoms with Gasteiger partial charge in [0.15, 0.2) is 10.5 Å². The number of ether oxygens (including phenoxy) is 1. The SMILES string of the molecule is [O-][S+](CCOc1cc(-c2nc3ncccc3[nH]2)cc2c1CCC2)c1ccc(O)cc1. The molecular weight excluding hydrogens is 398 g/mol. The first-order valence-corrected chi connectivity index (χ1v) is 11.3. The minimum absolute atomic E-state index is 0.167. The molecule has 1 atom stereocenters. The molecule has 4 aromatic rings. The van der Waals surface area contributed by atoms with Gasteiger partial charge in [-0.25, -0.2) is 9.97 Å². The fourth-order valence-electron chi connectivity index (χ4n) is 3.86. The van der Waals surface area contributed by atoms with E-state index in [4.69, 9.17) is 4.74 Å². The van der Waals surface area contributed by atoms with E-state index in [0.29, 0.717) is 22.9 Å². The maximum Gasteiger partial charge on any atom is 0.178 e. The average molecular weight is 420 g/mol. The third kappa shape index (κ3) is 3.74. The Balaban J connectivity index is 1.36. The van der Waals surface area contributed by atoms with Crippen LogP contribution >= 0.6 is 0 Å². The molecule has 0 spiro atoms. The van der Waals surface area contributed by atoms with E-state index in [-0.39, 0.29) is 5.75 Å². The summed E-state index contributed by atoms with van der Waals surface area (Å²) in [5.74, 6) is 2.17. The molecular formula is C23H21N3O3S. The van der Waals surface area contributed by atoms with E-state index >= 15 is 0 Å². The molecule has 2 heterocycles. The largest absolute Gasteiger partial charge is 0.611 e. The third-order valence-electron chi connectivity index (χ3n) is 5.33. The zero-order chi connectivity index (χ0) is 20.5. The molecule has 1 aliphatic carbocycles. The summed E-state index contributed by atoms with van der Waals surface area (Å²) >= 11 is -1.18. The fourth-order valence-corrected chi connectivity index (χ4v) is 4.77. The number of H-pyrrole nitrogens is 1. The van der Waals surface area contributed by atoms with E-state index in [0.717, 1.165) is 41.9 Å². The van der Waals surface area contributed by atoms with Gasteiger partial charge >= 0.3 is 0 Å². The van der Waals surface area contributed by atoms with Gasteiger partial charge in [0.1, 0.15) is 29.7 Å². The molecule has 0 bridgehead atoms. The van der Waals surface area contributed by atoms with Crippen LogP contribution in [0.3, 0.4) is 0 Å². The minimum atomic E-state index is -1.18. The summed E-state index contributed by atoms with van der Waals surface area (Å²) in [6.07, 6.45) is 4.86. The number of phenols is 1. The molecule has 0 radical (unpaired) electrons. The topological polar surface area (TPSA) is 94.1 Å². The minimum Gasteiger partial charge on any atom is -0.611 e. The van der Waals surface area contributed by atoms with Gasteiger partial charge in [0.25, 0.3) is 0 Å². The van der Waals surface area contributed by atoms with Crippen molar-refractivity contribution in [3.05, 3.63) is 65.9 Å². The van der Waals surface area contributed by atoms with Crippen molar-refractivity contribution in [3.63, 3.8) is 0 Å². The Morgan fingerprint density at radius 2 is 2.00 bits per heavy atom. The van der Waals surface area contributed by atoms with Gasteiger partial charge in [-0.05, 0) is 90.1 Å². The highest BCUT2D eigenvalue weighted by Crippen LogP contribution is 2.35. The number of aromatic nitrogens is 3. The van der Waals surface area contributed by atoms with Crippen molar-refractivity contribution in [2.24, 2.45) is 0 Å². The third-order valence-corrected chi connectivity index (χ3v) is 6.67. The molecule has 1 unspecified atom stereocenters. The molecule has 7 heteroatoms. The Morgan fingerprint density at radius 1 is 1.13 bits per heavy atom. The van der Waals surface area contributed by atoms with Crippen molar-refractivity contribution in [2.75, 3.05) is 12.4 Å². The normalized spacial score (nSPS) is 14.0. The molecule has 0 aliphatic heterocycles. The van der Waals surface area contributed by atoms with Crippen LogP contribution in [0, 0.1) is 0 Å².